The molecule has 0 fully saturated rings. The minimum atomic E-state index is -0.684. The molecule has 3 N–H and O–H groups in total. The van der Waals surface area contributed by atoms with Crippen LogP contribution in [0.1, 0.15) is 341 Å². The molecule has 69 heavy (non-hydrogen) atoms. The van der Waals surface area contributed by atoms with Gasteiger partial charge in [-0.05, 0) is 57.8 Å². The maximum absolute atomic E-state index is 12.5. The molecule has 1 amide bonds. The first-order valence-electron chi connectivity index (χ1n) is 31.1. The Morgan fingerprint density at radius 1 is 0.406 bits per heavy atom. The third kappa shape index (κ3) is 55.5. The molecular weight excluding hydrogens is 851 g/mol. The van der Waals surface area contributed by atoms with Crippen LogP contribution in [0.3, 0.4) is 0 Å². The van der Waals surface area contributed by atoms with Crippen molar-refractivity contribution in [1.82, 2.24) is 5.32 Å². The fraction of sp³-hybridized carbons (Fsp3) is 0.905. The number of aliphatic hydroxyl groups excluding tert-OH is 2. The molecule has 0 aromatic heterocycles. The molecule has 0 aliphatic rings. The highest BCUT2D eigenvalue weighted by molar-refractivity contribution is 5.76. The molecule has 0 aromatic rings. The number of nitrogens with one attached hydrogen (secondary N) is 1. The van der Waals surface area contributed by atoms with Gasteiger partial charge in [-0.1, -0.05) is 295 Å². The summed E-state index contributed by atoms with van der Waals surface area (Å²) in [5.74, 6) is -0.0904. The van der Waals surface area contributed by atoms with Crippen LogP contribution in [0.15, 0.2) is 24.3 Å². The maximum atomic E-state index is 12.5. The summed E-state index contributed by atoms with van der Waals surface area (Å²) < 4.78 is 5.47. The van der Waals surface area contributed by atoms with E-state index in [0.717, 1.165) is 64.2 Å². The average Bonchev–Trinajstić information content (AvgIpc) is 3.35. The van der Waals surface area contributed by atoms with Crippen molar-refractivity contribution in [2.45, 2.75) is 353 Å². The number of unbranched alkanes of at least 4 members (excludes halogenated alkanes) is 43. The van der Waals surface area contributed by atoms with E-state index in [1.807, 2.05) is 0 Å². The smallest absolute Gasteiger partial charge is 0.305 e. The van der Waals surface area contributed by atoms with Crippen molar-refractivity contribution in [1.29, 1.82) is 0 Å². The van der Waals surface area contributed by atoms with E-state index in [9.17, 15) is 19.8 Å². The van der Waals surface area contributed by atoms with Gasteiger partial charge in [0.15, 0.2) is 0 Å². The average molecular weight is 973 g/mol. The van der Waals surface area contributed by atoms with Gasteiger partial charge in [0, 0.05) is 12.8 Å². The monoisotopic (exact) mass is 972 g/mol. The minimum Gasteiger partial charge on any atom is -0.466 e. The van der Waals surface area contributed by atoms with E-state index in [1.165, 1.54) is 244 Å². The summed E-state index contributed by atoms with van der Waals surface area (Å²) in [6.07, 6.45) is 71.8. The van der Waals surface area contributed by atoms with Crippen LogP contribution >= 0.6 is 0 Å². The second-order valence-electron chi connectivity index (χ2n) is 21.4. The Kier molecular flexibility index (Phi) is 57.5. The number of carbonyl (C=O) groups is 2. The molecule has 0 radical (unpaired) electrons. The van der Waals surface area contributed by atoms with Crippen LogP contribution in [0.5, 0.6) is 0 Å². The summed E-state index contributed by atoms with van der Waals surface area (Å²) in [6.45, 7) is 4.90. The molecule has 0 aliphatic heterocycles. The number of rotatable bonds is 58. The highest BCUT2D eigenvalue weighted by atomic mass is 16.5. The van der Waals surface area contributed by atoms with Crippen LogP contribution < -0.4 is 5.32 Å². The van der Waals surface area contributed by atoms with E-state index in [0.29, 0.717) is 25.9 Å². The highest BCUT2D eigenvalue weighted by Gasteiger charge is 2.20. The topological polar surface area (TPSA) is 95.9 Å². The number of esters is 1. The maximum Gasteiger partial charge on any atom is 0.305 e. The molecular formula is C63H121NO5. The Balaban J connectivity index is 3.46. The van der Waals surface area contributed by atoms with Crippen molar-refractivity contribution in [2.24, 2.45) is 0 Å². The van der Waals surface area contributed by atoms with E-state index in [4.69, 9.17) is 4.74 Å². The Morgan fingerprint density at radius 2 is 0.725 bits per heavy atom. The van der Waals surface area contributed by atoms with Crippen molar-refractivity contribution in [3.63, 3.8) is 0 Å². The molecule has 0 rings (SSSR count). The summed E-state index contributed by atoms with van der Waals surface area (Å²) >= 11 is 0. The Labute approximate surface area is 431 Å². The first kappa shape index (κ1) is 67.3. The van der Waals surface area contributed by atoms with E-state index in [-0.39, 0.29) is 18.5 Å². The molecule has 2 unspecified atom stereocenters. The van der Waals surface area contributed by atoms with Gasteiger partial charge in [-0.3, -0.25) is 9.59 Å². The van der Waals surface area contributed by atoms with Crippen LogP contribution in [0.2, 0.25) is 0 Å². The molecule has 0 bridgehead atoms. The number of amides is 1. The van der Waals surface area contributed by atoms with E-state index < -0.39 is 12.1 Å². The van der Waals surface area contributed by atoms with Gasteiger partial charge in [0.2, 0.25) is 5.91 Å². The summed E-state index contributed by atoms with van der Waals surface area (Å²) in [4.78, 5) is 24.6. The molecule has 0 aliphatic carbocycles. The van der Waals surface area contributed by atoms with Gasteiger partial charge in [0.1, 0.15) is 0 Å². The zero-order valence-electron chi connectivity index (χ0n) is 46.6. The largest absolute Gasteiger partial charge is 0.466 e. The van der Waals surface area contributed by atoms with Crippen LogP contribution in [-0.2, 0) is 14.3 Å². The first-order valence-corrected chi connectivity index (χ1v) is 31.1. The fourth-order valence-corrected chi connectivity index (χ4v) is 9.73. The van der Waals surface area contributed by atoms with Gasteiger partial charge in [-0.15, -0.1) is 0 Å². The lowest BCUT2D eigenvalue weighted by atomic mass is 10.0. The number of allylic oxidation sites excluding steroid dienone is 4. The molecule has 0 saturated heterocycles. The van der Waals surface area contributed by atoms with Crippen molar-refractivity contribution < 1.29 is 24.5 Å². The Hall–Kier alpha value is -1.66. The molecule has 6 nitrogen and oxygen atoms in total. The predicted molar refractivity (Wildman–Crippen MR) is 301 cm³/mol. The summed E-state index contributed by atoms with van der Waals surface area (Å²) in [6, 6.07) is -0.564. The van der Waals surface area contributed by atoms with Crippen molar-refractivity contribution in [3.8, 4) is 0 Å². The SMILES string of the molecule is CCCCCC/C=C\C/C=C\CCCCCCCCCC(=O)OCCCCCCCCCCCC(=O)NC(CO)C(O)CCCCCCCCCCCCCCCCCCCCCCCCCCC. The van der Waals surface area contributed by atoms with Crippen molar-refractivity contribution in [2.75, 3.05) is 13.2 Å². The fourth-order valence-electron chi connectivity index (χ4n) is 9.73. The third-order valence-electron chi connectivity index (χ3n) is 14.5. The summed E-state index contributed by atoms with van der Waals surface area (Å²) in [5, 5.41) is 23.4. The lowest BCUT2D eigenvalue weighted by molar-refractivity contribution is -0.143. The van der Waals surface area contributed by atoms with Crippen molar-refractivity contribution >= 4 is 11.9 Å². The number of ether oxygens (including phenoxy) is 1. The van der Waals surface area contributed by atoms with Crippen LogP contribution in [0.4, 0.5) is 0 Å². The van der Waals surface area contributed by atoms with Crippen LogP contribution in [-0.4, -0.2) is 47.4 Å². The van der Waals surface area contributed by atoms with Gasteiger partial charge < -0.3 is 20.3 Å². The molecule has 0 aromatic carbocycles. The quantitative estimate of drug-likeness (QED) is 0.0321. The molecule has 2 atom stereocenters. The number of hydrogen-bond acceptors (Lipinski definition) is 5. The van der Waals surface area contributed by atoms with E-state index in [2.05, 4.69) is 43.5 Å². The second-order valence-corrected chi connectivity index (χ2v) is 21.4. The number of aliphatic hydroxyl groups is 2. The Morgan fingerprint density at radius 3 is 1.12 bits per heavy atom. The normalized spacial score (nSPS) is 12.7. The van der Waals surface area contributed by atoms with Gasteiger partial charge in [-0.2, -0.15) is 0 Å². The minimum absolute atomic E-state index is 0.0309. The van der Waals surface area contributed by atoms with E-state index in [1.54, 1.807) is 0 Å². The molecule has 0 heterocycles. The van der Waals surface area contributed by atoms with E-state index >= 15 is 0 Å². The predicted octanol–water partition coefficient (Wildman–Crippen LogP) is 19.4. The highest BCUT2D eigenvalue weighted by Crippen LogP contribution is 2.18. The zero-order chi connectivity index (χ0) is 50.0. The lowest BCUT2D eigenvalue weighted by Crippen LogP contribution is -2.45. The van der Waals surface area contributed by atoms with Gasteiger partial charge in [-0.25, -0.2) is 0 Å². The van der Waals surface area contributed by atoms with Crippen LogP contribution in [0.25, 0.3) is 0 Å². The third-order valence-corrected chi connectivity index (χ3v) is 14.5. The standard InChI is InChI=1S/C63H121NO5/c1-3-5-7-9-11-13-15-17-19-21-23-24-25-26-27-28-29-30-32-34-36-39-43-47-51-55-61(66)60(59-65)64-62(67)56-52-48-44-40-38-42-46-50-54-58-69-63(68)57-53-49-45-41-37-35-33-31-22-20-18-16-14-12-10-8-6-4-2/h14,16,20,22,60-61,65-66H,3-13,15,17-19,21,23-59H2,1-2H3,(H,64,67)/b16-14-,22-20-. The molecule has 6 heteroatoms. The second kappa shape index (κ2) is 58.9. The molecule has 0 saturated carbocycles. The van der Waals surface area contributed by atoms with Gasteiger partial charge >= 0.3 is 5.97 Å². The molecule has 408 valence electrons. The Bertz CT molecular complexity index is 1080. The first-order chi connectivity index (χ1) is 34.0. The van der Waals surface area contributed by atoms with Gasteiger partial charge in [0.05, 0.1) is 25.4 Å². The lowest BCUT2D eigenvalue weighted by Gasteiger charge is -2.22. The van der Waals surface area contributed by atoms with Crippen LogP contribution in [0, 0.1) is 0 Å². The number of hydrogen-bond donors (Lipinski definition) is 3. The summed E-state index contributed by atoms with van der Waals surface area (Å²) in [5.41, 5.74) is 0. The molecule has 0 spiro atoms. The van der Waals surface area contributed by atoms with Gasteiger partial charge in [0.25, 0.3) is 0 Å². The van der Waals surface area contributed by atoms with Crippen molar-refractivity contribution in [3.05, 3.63) is 24.3 Å². The number of carbonyl (C=O) groups excluding carboxylic acids is 2. The summed E-state index contributed by atoms with van der Waals surface area (Å²) in [7, 11) is 0. The zero-order valence-corrected chi connectivity index (χ0v) is 46.6.